The highest BCUT2D eigenvalue weighted by Crippen LogP contribution is 2.18. The highest BCUT2D eigenvalue weighted by molar-refractivity contribution is 7.89. The summed E-state index contributed by atoms with van der Waals surface area (Å²) in [6.07, 6.45) is 1.55. The van der Waals surface area contributed by atoms with Crippen LogP contribution in [0.25, 0.3) is 0 Å². The Morgan fingerprint density at radius 1 is 1.12 bits per heavy atom. The van der Waals surface area contributed by atoms with Crippen LogP contribution in [0.2, 0.25) is 0 Å². The summed E-state index contributed by atoms with van der Waals surface area (Å²) in [5.41, 5.74) is 0.541. The lowest BCUT2D eigenvalue weighted by Crippen LogP contribution is -2.30. The van der Waals surface area contributed by atoms with Crippen molar-refractivity contribution < 1.29 is 13.2 Å². The summed E-state index contributed by atoms with van der Waals surface area (Å²) >= 11 is 0. The molecule has 8 heteroatoms. The van der Waals surface area contributed by atoms with Gasteiger partial charge in [0.05, 0.1) is 10.6 Å². The van der Waals surface area contributed by atoms with Gasteiger partial charge in [0.2, 0.25) is 10.0 Å². The number of amides is 1. The van der Waals surface area contributed by atoms with Gasteiger partial charge in [-0.2, -0.15) is 4.31 Å². The lowest BCUT2D eigenvalue weighted by molar-refractivity contribution is 0.102. The van der Waals surface area contributed by atoms with Gasteiger partial charge in [-0.25, -0.2) is 8.42 Å². The Kier molecular flexibility index (Phi) is 6.33. The van der Waals surface area contributed by atoms with Gasteiger partial charge in [-0.1, -0.05) is 19.9 Å². The number of nitrogens with zero attached hydrogens (tertiary/aromatic N) is 2. The molecule has 0 aliphatic carbocycles. The number of carbonyl (C=O) groups is 1. The predicted octanol–water partition coefficient (Wildman–Crippen LogP) is 2.15. The zero-order chi connectivity index (χ0) is 19.3. The summed E-state index contributed by atoms with van der Waals surface area (Å²) < 4.78 is 28.0. The van der Waals surface area contributed by atoms with Crippen LogP contribution in [-0.2, 0) is 16.6 Å². The standard InChI is InChI=1S/C18H23N3O4S/c1-4-20-13-15(10-11-17(20)22)19-18(23)14-8-7-9-16(12-14)26(24,25)21(5-2)6-3/h7-13H,4-6H2,1-3H3,(H,19,23). The molecule has 2 aromatic rings. The molecule has 7 nitrogen and oxygen atoms in total. The van der Waals surface area contributed by atoms with Crippen LogP contribution in [0, 0.1) is 0 Å². The van der Waals surface area contributed by atoms with E-state index in [2.05, 4.69) is 5.32 Å². The van der Waals surface area contributed by atoms with E-state index in [9.17, 15) is 18.0 Å². The summed E-state index contributed by atoms with van der Waals surface area (Å²) in [4.78, 5) is 24.2. The molecule has 0 spiro atoms. The number of hydrogen-bond donors (Lipinski definition) is 1. The van der Waals surface area contributed by atoms with Crippen LogP contribution < -0.4 is 10.9 Å². The monoisotopic (exact) mass is 377 g/mol. The summed E-state index contributed by atoms with van der Waals surface area (Å²) in [5.74, 6) is -0.442. The second kappa shape index (κ2) is 8.29. The molecule has 0 atom stereocenters. The number of rotatable bonds is 7. The Morgan fingerprint density at radius 2 is 1.81 bits per heavy atom. The quantitative estimate of drug-likeness (QED) is 0.801. The number of aromatic nitrogens is 1. The summed E-state index contributed by atoms with van der Waals surface area (Å²) in [7, 11) is -3.64. The van der Waals surface area contributed by atoms with Crippen LogP contribution in [0.5, 0.6) is 0 Å². The first-order valence-corrected chi connectivity index (χ1v) is 9.89. The van der Waals surface area contributed by atoms with Crippen molar-refractivity contribution in [3.63, 3.8) is 0 Å². The normalized spacial score (nSPS) is 11.5. The molecule has 140 valence electrons. The number of aryl methyl sites for hydroxylation is 1. The minimum absolute atomic E-state index is 0.0763. The fourth-order valence-electron chi connectivity index (χ4n) is 2.57. The Hall–Kier alpha value is -2.45. The second-order valence-corrected chi connectivity index (χ2v) is 7.55. The van der Waals surface area contributed by atoms with E-state index in [1.54, 1.807) is 26.1 Å². The van der Waals surface area contributed by atoms with Crippen LogP contribution in [0.15, 0.2) is 52.3 Å². The molecule has 0 saturated heterocycles. The smallest absolute Gasteiger partial charge is 0.255 e. The highest BCUT2D eigenvalue weighted by atomic mass is 32.2. The van der Waals surface area contributed by atoms with E-state index < -0.39 is 15.9 Å². The van der Waals surface area contributed by atoms with Crippen molar-refractivity contribution in [2.24, 2.45) is 0 Å². The van der Waals surface area contributed by atoms with Crippen molar-refractivity contribution in [3.05, 3.63) is 58.5 Å². The molecule has 26 heavy (non-hydrogen) atoms. The molecule has 1 aromatic carbocycles. The molecule has 1 N–H and O–H groups in total. The molecule has 1 aromatic heterocycles. The van der Waals surface area contributed by atoms with E-state index >= 15 is 0 Å². The maximum atomic E-state index is 12.6. The van der Waals surface area contributed by atoms with Gasteiger partial charge in [0.25, 0.3) is 11.5 Å². The lowest BCUT2D eigenvalue weighted by atomic mass is 10.2. The Bertz CT molecular complexity index is 947. The summed E-state index contributed by atoms with van der Waals surface area (Å²) in [6, 6.07) is 8.81. The maximum Gasteiger partial charge on any atom is 0.255 e. The highest BCUT2D eigenvalue weighted by Gasteiger charge is 2.22. The van der Waals surface area contributed by atoms with Crippen LogP contribution >= 0.6 is 0 Å². The molecule has 0 aliphatic rings. The van der Waals surface area contributed by atoms with Gasteiger partial charge in [-0.05, 0) is 31.2 Å². The number of benzene rings is 1. The van der Waals surface area contributed by atoms with E-state index in [-0.39, 0.29) is 16.0 Å². The van der Waals surface area contributed by atoms with E-state index in [0.717, 1.165) is 0 Å². The van der Waals surface area contributed by atoms with Gasteiger partial charge in [-0.3, -0.25) is 9.59 Å². The lowest BCUT2D eigenvalue weighted by Gasteiger charge is -2.18. The Morgan fingerprint density at radius 3 is 2.42 bits per heavy atom. The molecular formula is C18H23N3O4S. The molecule has 2 rings (SSSR count). The van der Waals surface area contributed by atoms with Crippen molar-refractivity contribution in [1.82, 2.24) is 8.87 Å². The van der Waals surface area contributed by atoms with Crippen molar-refractivity contribution in [2.75, 3.05) is 18.4 Å². The van der Waals surface area contributed by atoms with E-state index in [1.807, 2.05) is 6.92 Å². The van der Waals surface area contributed by atoms with Crippen LogP contribution in [-0.4, -0.2) is 36.3 Å². The number of hydrogen-bond acceptors (Lipinski definition) is 4. The molecule has 0 aliphatic heterocycles. The number of anilines is 1. The molecule has 1 heterocycles. The van der Waals surface area contributed by atoms with E-state index in [1.165, 1.54) is 39.2 Å². The third-order valence-electron chi connectivity index (χ3n) is 4.02. The first-order chi connectivity index (χ1) is 12.3. The van der Waals surface area contributed by atoms with E-state index in [4.69, 9.17) is 0 Å². The van der Waals surface area contributed by atoms with Gasteiger partial charge in [0.15, 0.2) is 0 Å². The first-order valence-electron chi connectivity index (χ1n) is 8.45. The average Bonchev–Trinajstić information content (AvgIpc) is 2.64. The van der Waals surface area contributed by atoms with Crippen LogP contribution in [0.4, 0.5) is 5.69 Å². The fourth-order valence-corrected chi connectivity index (χ4v) is 4.07. The van der Waals surface area contributed by atoms with Crippen LogP contribution in [0.1, 0.15) is 31.1 Å². The molecule has 1 amide bonds. The second-order valence-electron chi connectivity index (χ2n) is 5.61. The van der Waals surface area contributed by atoms with Crippen molar-refractivity contribution in [2.45, 2.75) is 32.2 Å². The molecule has 0 saturated carbocycles. The van der Waals surface area contributed by atoms with Gasteiger partial charge in [0.1, 0.15) is 0 Å². The zero-order valence-corrected chi connectivity index (χ0v) is 15.9. The average molecular weight is 377 g/mol. The van der Waals surface area contributed by atoms with Crippen molar-refractivity contribution in [3.8, 4) is 0 Å². The molecular weight excluding hydrogens is 354 g/mol. The van der Waals surface area contributed by atoms with E-state index in [0.29, 0.717) is 25.3 Å². The third-order valence-corrected chi connectivity index (χ3v) is 6.07. The number of sulfonamides is 1. The van der Waals surface area contributed by atoms with Crippen molar-refractivity contribution >= 4 is 21.6 Å². The molecule has 0 unspecified atom stereocenters. The molecule has 0 radical (unpaired) electrons. The SMILES string of the molecule is CCN(CC)S(=O)(=O)c1cccc(C(=O)Nc2ccc(=O)n(CC)c2)c1. The van der Waals surface area contributed by atoms with Gasteiger partial charge >= 0.3 is 0 Å². The minimum Gasteiger partial charge on any atom is -0.321 e. The Labute approximate surface area is 153 Å². The third kappa shape index (κ3) is 4.20. The predicted molar refractivity (Wildman–Crippen MR) is 101 cm³/mol. The summed E-state index contributed by atoms with van der Waals surface area (Å²) in [6.45, 7) is 6.55. The topological polar surface area (TPSA) is 88.5 Å². The number of carbonyl (C=O) groups excluding carboxylic acids is 1. The zero-order valence-electron chi connectivity index (χ0n) is 15.1. The van der Waals surface area contributed by atoms with Gasteiger partial charge in [0, 0.05) is 37.5 Å². The first kappa shape index (κ1) is 19.9. The summed E-state index contributed by atoms with van der Waals surface area (Å²) in [5, 5.41) is 2.69. The molecule has 0 bridgehead atoms. The molecule has 0 fully saturated rings. The van der Waals surface area contributed by atoms with Crippen LogP contribution in [0.3, 0.4) is 0 Å². The van der Waals surface area contributed by atoms with Crippen molar-refractivity contribution in [1.29, 1.82) is 0 Å². The Balaban J connectivity index is 2.30. The fraction of sp³-hybridized carbons (Fsp3) is 0.333. The number of pyridine rings is 1. The largest absolute Gasteiger partial charge is 0.321 e. The van der Waals surface area contributed by atoms with Gasteiger partial charge < -0.3 is 9.88 Å². The maximum absolute atomic E-state index is 12.6. The number of nitrogens with one attached hydrogen (secondary N) is 1. The minimum atomic E-state index is -3.64. The van der Waals surface area contributed by atoms with Gasteiger partial charge in [-0.15, -0.1) is 0 Å².